The number of amides is 2. The predicted molar refractivity (Wildman–Crippen MR) is 83.7 cm³/mol. The lowest BCUT2D eigenvalue weighted by Gasteiger charge is -2.24. The second kappa shape index (κ2) is 9.13. The van der Waals surface area contributed by atoms with Crippen LogP contribution in [0.4, 0.5) is 0 Å². The molecule has 0 aromatic heterocycles. The molecule has 1 aromatic rings. The van der Waals surface area contributed by atoms with Crippen LogP contribution in [0.2, 0.25) is 0 Å². The van der Waals surface area contributed by atoms with Gasteiger partial charge >= 0.3 is 0 Å². The molecule has 0 aliphatic heterocycles. The maximum atomic E-state index is 12.3. The summed E-state index contributed by atoms with van der Waals surface area (Å²) in [5.74, 6) is -0.330. The van der Waals surface area contributed by atoms with Crippen LogP contribution in [0, 0.1) is 0 Å². The van der Waals surface area contributed by atoms with Crippen LogP contribution in [0.5, 0.6) is 0 Å². The summed E-state index contributed by atoms with van der Waals surface area (Å²) in [6, 6.07) is 9.37. The second-order valence-electron chi connectivity index (χ2n) is 5.06. The maximum absolute atomic E-state index is 12.3. The van der Waals surface area contributed by atoms with Gasteiger partial charge in [-0.15, -0.1) is 0 Å². The lowest BCUT2D eigenvalue weighted by Crippen LogP contribution is -2.47. The van der Waals surface area contributed by atoms with Crippen molar-refractivity contribution in [3.63, 3.8) is 0 Å². The molecular formula is C16H25N3O2. The third-order valence-electron chi connectivity index (χ3n) is 3.32. The number of carbonyl (C=O) groups excluding carboxylic acids is 2. The van der Waals surface area contributed by atoms with Crippen LogP contribution >= 0.6 is 0 Å². The molecule has 0 radical (unpaired) electrons. The minimum absolute atomic E-state index is 0.0716. The number of rotatable bonds is 8. The lowest BCUT2D eigenvalue weighted by atomic mass is 10.0. The number of hydrogen-bond acceptors (Lipinski definition) is 3. The molecule has 1 atom stereocenters. The van der Waals surface area contributed by atoms with Gasteiger partial charge in [0.1, 0.15) is 0 Å². The molecular weight excluding hydrogens is 266 g/mol. The van der Waals surface area contributed by atoms with E-state index in [1.165, 1.54) is 4.90 Å². The van der Waals surface area contributed by atoms with E-state index in [4.69, 9.17) is 5.73 Å². The van der Waals surface area contributed by atoms with Gasteiger partial charge in [0, 0.05) is 13.6 Å². The molecule has 0 spiro atoms. The van der Waals surface area contributed by atoms with Crippen molar-refractivity contribution in [1.29, 1.82) is 0 Å². The average molecular weight is 291 g/mol. The molecule has 5 heteroatoms. The Balaban J connectivity index is 2.54. The number of nitrogens with one attached hydrogen (secondary N) is 1. The molecule has 1 rings (SSSR count). The molecule has 0 aliphatic rings. The molecule has 3 N–H and O–H groups in total. The van der Waals surface area contributed by atoms with Crippen molar-refractivity contribution in [2.24, 2.45) is 5.73 Å². The molecule has 0 fully saturated rings. The first-order valence-electron chi connectivity index (χ1n) is 7.37. The van der Waals surface area contributed by atoms with E-state index in [0.717, 1.165) is 18.4 Å². The number of nitrogens with zero attached hydrogens (tertiary/aromatic N) is 1. The number of benzene rings is 1. The minimum atomic E-state index is -0.568. The van der Waals surface area contributed by atoms with Crippen LogP contribution in [0.25, 0.3) is 0 Å². The number of likely N-dealkylation sites (N-methyl/N-ethyl adjacent to an activating group) is 1. The Morgan fingerprint density at radius 1 is 1.29 bits per heavy atom. The molecule has 0 bridgehead atoms. The molecule has 21 heavy (non-hydrogen) atoms. The van der Waals surface area contributed by atoms with Gasteiger partial charge in [0.25, 0.3) is 0 Å². The fourth-order valence-electron chi connectivity index (χ4n) is 2.11. The highest BCUT2D eigenvalue weighted by molar-refractivity contribution is 5.87. The van der Waals surface area contributed by atoms with Gasteiger partial charge in [0.15, 0.2) is 0 Å². The van der Waals surface area contributed by atoms with Gasteiger partial charge in [0.05, 0.1) is 12.6 Å². The molecule has 1 aromatic carbocycles. The predicted octanol–water partition coefficient (Wildman–Crippen LogP) is 0.931. The number of aryl methyl sites for hydroxylation is 1. The van der Waals surface area contributed by atoms with Crippen molar-refractivity contribution in [1.82, 2.24) is 10.2 Å². The van der Waals surface area contributed by atoms with Crippen molar-refractivity contribution in [3.05, 3.63) is 35.9 Å². The molecule has 116 valence electrons. The van der Waals surface area contributed by atoms with E-state index < -0.39 is 6.04 Å². The maximum Gasteiger partial charge on any atom is 0.239 e. The summed E-state index contributed by atoms with van der Waals surface area (Å²) in [5, 5.41) is 2.53. The van der Waals surface area contributed by atoms with Gasteiger partial charge in [-0.2, -0.15) is 0 Å². The summed E-state index contributed by atoms with van der Waals surface area (Å²) in [7, 11) is 1.56. The van der Waals surface area contributed by atoms with Gasteiger partial charge in [-0.1, -0.05) is 37.3 Å². The lowest BCUT2D eigenvalue weighted by molar-refractivity contribution is -0.137. The van der Waals surface area contributed by atoms with Crippen molar-refractivity contribution >= 4 is 11.8 Å². The normalized spacial score (nSPS) is 11.8. The van der Waals surface area contributed by atoms with Crippen molar-refractivity contribution in [2.75, 3.05) is 20.1 Å². The Morgan fingerprint density at radius 3 is 2.52 bits per heavy atom. The topological polar surface area (TPSA) is 75.4 Å². The Kier molecular flexibility index (Phi) is 7.46. The van der Waals surface area contributed by atoms with Crippen molar-refractivity contribution < 1.29 is 9.59 Å². The third-order valence-corrected chi connectivity index (χ3v) is 3.32. The quantitative estimate of drug-likeness (QED) is 0.748. The molecule has 0 heterocycles. The number of carbonyl (C=O) groups is 2. The molecule has 0 unspecified atom stereocenters. The monoisotopic (exact) mass is 291 g/mol. The Bertz CT molecular complexity index is 448. The fraction of sp³-hybridized carbons (Fsp3) is 0.500. The Hall–Kier alpha value is -1.88. The van der Waals surface area contributed by atoms with Gasteiger partial charge < -0.3 is 16.0 Å². The summed E-state index contributed by atoms with van der Waals surface area (Å²) in [5.41, 5.74) is 7.15. The number of nitrogens with two attached hydrogens (primary N) is 1. The van der Waals surface area contributed by atoms with E-state index >= 15 is 0 Å². The molecule has 2 amide bonds. The van der Waals surface area contributed by atoms with E-state index in [9.17, 15) is 9.59 Å². The van der Waals surface area contributed by atoms with Crippen LogP contribution in [0.3, 0.4) is 0 Å². The first kappa shape index (κ1) is 17.2. The van der Waals surface area contributed by atoms with E-state index in [1.54, 1.807) is 7.05 Å². The van der Waals surface area contributed by atoms with Gasteiger partial charge in [0.2, 0.25) is 11.8 Å². The SMILES string of the molecule is CCCN(CC(=O)NC)C(=O)[C@@H](N)CCc1ccccc1. The third kappa shape index (κ3) is 5.95. The average Bonchev–Trinajstić information content (AvgIpc) is 2.52. The smallest absolute Gasteiger partial charge is 0.239 e. The zero-order chi connectivity index (χ0) is 15.7. The largest absolute Gasteiger partial charge is 0.358 e. The summed E-state index contributed by atoms with van der Waals surface area (Å²) in [4.78, 5) is 25.3. The summed E-state index contributed by atoms with van der Waals surface area (Å²) in [6.45, 7) is 2.59. The van der Waals surface area contributed by atoms with Crippen molar-refractivity contribution in [2.45, 2.75) is 32.2 Å². The highest BCUT2D eigenvalue weighted by atomic mass is 16.2. The highest BCUT2D eigenvalue weighted by Crippen LogP contribution is 2.06. The summed E-state index contributed by atoms with van der Waals surface area (Å²) >= 11 is 0. The van der Waals surface area contributed by atoms with Gasteiger partial charge in [-0.05, 0) is 24.8 Å². The second-order valence-corrected chi connectivity index (χ2v) is 5.06. The van der Waals surface area contributed by atoms with E-state index in [1.807, 2.05) is 37.3 Å². The van der Waals surface area contributed by atoms with Crippen LogP contribution < -0.4 is 11.1 Å². The van der Waals surface area contributed by atoms with E-state index in [0.29, 0.717) is 13.0 Å². The summed E-state index contributed by atoms with van der Waals surface area (Å²) < 4.78 is 0. The fourth-order valence-corrected chi connectivity index (χ4v) is 2.11. The Labute approximate surface area is 126 Å². The van der Waals surface area contributed by atoms with E-state index in [-0.39, 0.29) is 18.4 Å². The number of hydrogen-bond donors (Lipinski definition) is 2. The zero-order valence-electron chi connectivity index (χ0n) is 12.8. The first-order chi connectivity index (χ1) is 10.1. The summed E-state index contributed by atoms with van der Waals surface area (Å²) in [6.07, 6.45) is 2.14. The molecule has 0 saturated heterocycles. The highest BCUT2D eigenvalue weighted by Gasteiger charge is 2.21. The Morgan fingerprint density at radius 2 is 1.95 bits per heavy atom. The molecule has 0 saturated carbocycles. The van der Waals surface area contributed by atoms with Crippen LogP contribution in [-0.2, 0) is 16.0 Å². The van der Waals surface area contributed by atoms with E-state index in [2.05, 4.69) is 5.32 Å². The van der Waals surface area contributed by atoms with Crippen LogP contribution in [0.1, 0.15) is 25.3 Å². The van der Waals surface area contributed by atoms with Gasteiger partial charge in [-0.3, -0.25) is 9.59 Å². The standard InChI is InChI=1S/C16H25N3O2/c1-3-11-19(12-15(20)18-2)16(21)14(17)10-9-13-7-5-4-6-8-13/h4-8,14H,3,9-12,17H2,1-2H3,(H,18,20)/t14-/m0/s1. The van der Waals surface area contributed by atoms with Crippen LogP contribution in [0.15, 0.2) is 30.3 Å². The zero-order valence-corrected chi connectivity index (χ0v) is 12.8. The van der Waals surface area contributed by atoms with Crippen LogP contribution in [-0.4, -0.2) is 42.9 Å². The van der Waals surface area contributed by atoms with Crippen molar-refractivity contribution in [3.8, 4) is 0 Å². The minimum Gasteiger partial charge on any atom is -0.358 e. The van der Waals surface area contributed by atoms with Gasteiger partial charge in [-0.25, -0.2) is 0 Å². The first-order valence-corrected chi connectivity index (χ1v) is 7.37. The molecule has 5 nitrogen and oxygen atoms in total. The molecule has 0 aliphatic carbocycles.